The molecule has 1 aromatic heterocycles. The molecule has 2 aliphatic rings. The van der Waals surface area contributed by atoms with Crippen LogP contribution in [0.15, 0.2) is 42.6 Å². The molecule has 176 valence electrons. The fraction of sp³-hybridized carbons (Fsp3) is 0.227. The van der Waals surface area contributed by atoms with Gasteiger partial charge in [0, 0.05) is 25.0 Å². The molecular formula is C22H16Cl2F3N5O2. The molecule has 3 aromatic rings. The van der Waals surface area contributed by atoms with Gasteiger partial charge in [0.05, 0.1) is 15.7 Å². The Balaban J connectivity index is 1.34. The highest BCUT2D eigenvalue weighted by molar-refractivity contribution is 6.40. The SMILES string of the molecule is O=C1c2cnc(Nc3ccc4c(c3)CCN(C(F)(F)F)C4)nc2OCN1c1c(Cl)cccc1Cl. The Morgan fingerprint density at radius 1 is 1.09 bits per heavy atom. The van der Waals surface area contributed by atoms with Crippen LogP contribution in [0.5, 0.6) is 5.88 Å². The van der Waals surface area contributed by atoms with Crippen LogP contribution in [0.3, 0.4) is 0 Å². The second kappa shape index (κ2) is 8.61. The lowest BCUT2D eigenvalue weighted by atomic mass is 9.99. The maximum Gasteiger partial charge on any atom is 0.460 e. The Hall–Kier alpha value is -3.08. The van der Waals surface area contributed by atoms with E-state index in [4.69, 9.17) is 27.9 Å². The lowest BCUT2D eigenvalue weighted by Gasteiger charge is -2.30. The van der Waals surface area contributed by atoms with E-state index in [1.807, 2.05) is 0 Å². The monoisotopic (exact) mass is 509 g/mol. The van der Waals surface area contributed by atoms with Crippen molar-refractivity contribution in [3.05, 3.63) is 69.3 Å². The summed E-state index contributed by atoms with van der Waals surface area (Å²) >= 11 is 12.4. The van der Waals surface area contributed by atoms with Crippen molar-refractivity contribution in [3.8, 4) is 5.88 Å². The molecule has 3 heterocycles. The standard InChI is InChI=1S/C22H16Cl2F3N5O2/c23-16-2-1-3-17(24)18(16)32-11-34-19-15(20(32)33)9-28-21(30-19)29-14-5-4-13-10-31(22(25,26)27)7-6-12(13)8-14/h1-5,8-9H,6-7,10-11H2,(H,28,29,30). The number of anilines is 3. The zero-order valence-electron chi connectivity index (χ0n) is 17.4. The van der Waals surface area contributed by atoms with E-state index in [0.29, 0.717) is 31.9 Å². The highest BCUT2D eigenvalue weighted by atomic mass is 35.5. The van der Waals surface area contributed by atoms with Crippen molar-refractivity contribution in [2.24, 2.45) is 0 Å². The van der Waals surface area contributed by atoms with Crippen LogP contribution in [0.1, 0.15) is 21.5 Å². The van der Waals surface area contributed by atoms with E-state index in [2.05, 4.69) is 15.3 Å². The smallest absolute Gasteiger partial charge is 0.455 e. The van der Waals surface area contributed by atoms with Crippen LogP contribution >= 0.6 is 23.2 Å². The first-order valence-corrected chi connectivity index (χ1v) is 10.9. The normalized spacial score (nSPS) is 16.0. The molecule has 34 heavy (non-hydrogen) atoms. The minimum atomic E-state index is -4.35. The second-order valence-electron chi connectivity index (χ2n) is 7.74. The summed E-state index contributed by atoms with van der Waals surface area (Å²) in [5.74, 6) is -0.130. The Morgan fingerprint density at radius 2 is 1.85 bits per heavy atom. The number of amides is 1. The van der Waals surface area contributed by atoms with Crippen LogP contribution in [-0.4, -0.2) is 40.4 Å². The number of carbonyl (C=O) groups is 1. The number of carbonyl (C=O) groups excluding carboxylic acids is 1. The first-order valence-electron chi connectivity index (χ1n) is 10.2. The van der Waals surface area contributed by atoms with Gasteiger partial charge in [0.25, 0.3) is 5.91 Å². The molecule has 0 radical (unpaired) electrons. The molecular weight excluding hydrogens is 494 g/mol. The Labute approximate surface area is 202 Å². The lowest BCUT2D eigenvalue weighted by molar-refractivity contribution is -0.250. The Kier molecular flexibility index (Phi) is 5.75. The molecule has 0 bridgehead atoms. The molecule has 2 aliphatic heterocycles. The highest BCUT2D eigenvalue weighted by Crippen LogP contribution is 2.37. The maximum atomic E-state index is 13.0. The van der Waals surface area contributed by atoms with Gasteiger partial charge in [0.2, 0.25) is 11.8 Å². The number of aromatic nitrogens is 2. The number of alkyl halides is 3. The van der Waals surface area contributed by atoms with Crippen LogP contribution in [0.2, 0.25) is 10.0 Å². The van der Waals surface area contributed by atoms with E-state index in [0.717, 1.165) is 5.56 Å². The van der Waals surface area contributed by atoms with Crippen LogP contribution in [-0.2, 0) is 13.0 Å². The van der Waals surface area contributed by atoms with E-state index < -0.39 is 12.2 Å². The predicted octanol–water partition coefficient (Wildman–Crippen LogP) is 5.40. The van der Waals surface area contributed by atoms with Gasteiger partial charge in [-0.25, -0.2) is 9.88 Å². The van der Waals surface area contributed by atoms with Crippen molar-refractivity contribution < 1.29 is 22.7 Å². The van der Waals surface area contributed by atoms with Crippen molar-refractivity contribution in [1.29, 1.82) is 0 Å². The fourth-order valence-corrected chi connectivity index (χ4v) is 4.50. The largest absolute Gasteiger partial charge is 0.460 e. The highest BCUT2D eigenvalue weighted by Gasteiger charge is 2.38. The number of hydrogen-bond acceptors (Lipinski definition) is 6. The molecule has 1 amide bonds. The summed E-state index contributed by atoms with van der Waals surface area (Å²) in [5, 5.41) is 3.62. The van der Waals surface area contributed by atoms with Crippen molar-refractivity contribution in [3.63, 3.8) is 0 Å². The number of halogens is 5. The predicted molar refractivity (Wildman–Crippen MR) is 121 cm³/mol. The van der Waals surface area contributed by atoms with E-state index in [1.54, 1.807) is 36.4 Å². The minimum absolute atomic E-state index is 0.0979. The van der Waals surface area contributed by atoms with Gasteiger partial charge in [-0.15, -0.1) is 0 Å². The molecule has 0 unspecified atom stereocenters. The number of ether oxygens (including phenoxy) is 1. The Morgan fingerprint density at radius 3 is 2.59 bits per heavy atom. The number of hydrogen-bond donors (Lipinski definition) is 1. The fourth-order valence-electron chi connectivity index (χ4n) is 3.90. The summed E-state index contributed by atoms with van der Waals surface area (Å²) in [4.78, 5) is 23.3. The van der Waals surface area contributed by atoms with Gasteiger partial charge in [-0.2, -0.15) is 18.2 Å². The number of fused-ring (bicyclic) bond motifs is 2. The number of para-hydroxylation sites is 1. The zero-order chi connectivity index (χ0) is 24.0. The quantitative estimate of drug-likeness (QED) is 0.476. The van der Waals surface area contributed by atoms with Crippen molar-refractivity contribution in [2.75, 3.05) is 23.5 Å². The average molecular weight is 510 g/mol. The van der Waals surface area contributed by atoms with E-state index in [9.17, 15) is 18.0 Å². The third kappa shape index (κ3) is 4.24. The number of rotatable bonds is 3. The maximum absolute atomic E-state index is 13.0. The Bertz CT molecular complexity index is 1270. The molecule has 0 aliphatic carbocycles. The van der Waals surface area contributed by atoms with E-state index in [1.165, 1.54) is 11.1 Å². The topological polar surface area (TPSA) is 70.6 Å². The van der Waals surface area contributed by atoms with Crippen LogP contribution in [0.25, 0.3) is 0 Å². The van der Waals surface area contributed by atoms with Gasteiger partial charge in [0.15, 0.2) is 6.73 Å². The molecule has 0 atom stereocenters. The van der Waals surface area contributed by atoms with Crippen molar-refractivity contribution in [1.82, 2.24) is 14.9 Å². The van der Waals surface area contributed by atoms with E-state index in [-0.39, 0.29) is 43.6 Å². The molecule has 7 nitrogen and oxygen atoms in total. The zero-order valence-corrected chi connectivity index (χ0v) is 18.9. The molecule has 0 spiro atoms. The van der Waals surface area contributed by atoms with Crippen LogP contribution < -0.4 is 15.0 Å². The van der Waals surface area contributed by atoms with Gasteiger partial charge < -0.3 is 10.1 Å². The lowest BCUT2D eigenvalue weighted by Crippen LogP contribution is -2.41. The molecule has 0 saturated carbocycles. The number of nitrogens with one attached hydrogen (secondary N) is 1. The first kappa shape index (κ1) is 22.7. The third-order valence-corrected chi connectivity index (χ3v) is 6.21. The van der Waals surface area contributed by atoms with Crippen LogP contribution in [0.4, 0.5) is 30.5 Å². The summed E-state index contributed by atoms with van der Waals surface area (Å²) in [6.45, 7) is -0.423. The first-order chi connectivity index (χ1) is 16.2. The van der Waals surface area contributed by atoms with Crippen molar-refractivity contribution in [2.45, 2.75) is 19.3 Å². The van der Waals surface area contributed by atoms with Gasteiger partial charge in [-0.1, -0.05) is 35.3 Å². The molecule has 5 rings (SSSR count). The second-order valence-corrected chi connectivity index (χ2v) is 8.55. The minimum Gasteiger partial charge on any atom is -0.455 e. The van der Waals surface area contributed by atoms with Crippen LogP contribution in [0, 0.1) is 0 Å². The van der Waals surface area contributed by atoms with Gasteiger partial charge >= 0.3 is 6.30 Å². The van der Waals surface area contributed by atoms with E-state index >= 15 is 0 Å². The summed E-state index contributed by atoms with van der Waals surface area (Å²) in [6.07, 6.45) is -2.74. The van der Waals surface area contributed by atoms with Gasteiger partial charge in [-0.05, 0) is 41.8 Å². The molecule has 2 aromatic carbocycles. The van der Waals surface area contributed by atoms with Gasteiger partial charge in [-0.3, -0.25) is 9.69 Å². The summed E-state index contributed by atoms with van der Waals surface area (Å²) in [6, 6.07) is 10.0. The molecule has 1 N–H and O–H groups in total. The molecule has 0 fully saturated rings. The summed E-state index contributed by atoms with van der Waals surface area (Å²) in [7, 11) is 0. The van der Waals surface area contributed by atoms with Crippen molar-refractivity contribution >= 4 is 46.4 Å². The third-order valence-electron chi connectivity index (χ3n) is 5.60. The summed E-state index contributed by atoms with van der Waals surface area (Å²) in [5.41, 5.74) is 2.54. The van der Waals surface area contributed by atoms with Gasteiger partial charge in [0.1, 0.15) is 5.56 Å². The summed E-state index contributed by atoms with van der Waals surface area (Å²) < 4.78 is 44.6. The number of benzene rings is 2. The number of nitrogens with zero attached hydrogens (tertiary/aromatic N) is 4. The molecule has 12 heteroatoms. The average Bonchev–Trinajstić information content (AvgIpc) is 2.79. The molecule has 0 saturated heterocycles.